The molecule has 6 aromatic rings. The first kappa shape index (κ1) is 22.2. The van der Waals surface area contributed by atoms with Crippen LogP contribution in [-0.4, -0.2) is 24.5 Å². The van der Waals surface area contributed by atoms with Crippen molar-refractivity contribution in [1.82, 2.24) is 24.5 Å². The Balaban J connectivity index is 1.15. The molecule has 0 unspecified atom stereocenters. The van der Waals surface area contributed by atoms with Gasteiger partial charge in [0, 0.05) is 40.7 Å². The van der Waals surface area contributed by atoms with Gasteiger partial charge in [0.05, 0.1) is 24.6 Å². The van der Waals surface area contributed by atoms with E-state index in [0.29, 0.717) is 18.3 Å². The number of hydrogen-bond acceptors (Lipinski definition) is 7. The van der Waals surface area contributed by atoms with Gasteiger partial charge in [0.1, 0.15) is 22.0 Å². The zero-order valence-corrected chi connectivity index (χ0v) is 21.6. The Kier molecular flexibility index (Phi) is 5.11. The molecule has 0 amide bonds. The smallest absolute Gasteiger partial charge is 0.131 e. The Morgan fingerprint density at radius 3 is 2.78 bits per heavy atom. The van der Waals surface area contributed by atoms with Gasteiger partial charge in [-0.1, -0.05) is 0 Å². The number of rotatable bonds is 6. The molecule has 0 atom stereocenters. The molecule has 5 heterocycles. The first-order chi connectivity index (χ1) is 18.0. The lowest BCUT2D eigenvalue weighted by atomic mass is 9.96. The van der Waals surface area contributed by atoms with Crippen LogP contribution in [0.3, 0.4) is 0 Å². The maximum absolute atomic E-state index is 6.12. The van der Waals surface area contributed by atoms with Crippen LogP contribution >= 0.6 is 11.3 Å². The summed E-state index contributed by atoms with van der Waals surface area (Å²) in [5.41, 5.74) is 13.1. The number of nitrogens with two attached hydrogens (primary N) is 1. The van der Waals surface area contributed by atoms with E-state index in [9.17, 15) is 0 Å². The molecule has 8 heteroatoms. The fourth-order valence-electron chi connectivity index (χ4n) is 5.25. The van der Waals surface area contributed by atoms with Crippen LogP contribution in [0.25, 0.3) is 32.0 Å². The largest absolute Gasteiger partial charge is 0.383 e. The summed E-state index contributed by atoms with van der Waals surface area (Å²) < 4.78 is 2.19. The summed E-state index contributed by atoms with van der Waals surface area (Å²) in [4.78, 5) is 20.6. The van der Waals surface area contributed by atoms with Gasteiger partial charge in [-0.15, -0.1) is 11.3 Å². The number of nitrogens with zero attached hydrogens (tertiary/aromatic N) is 5. The average molecular weight is 506 g/mol. The molecule has 0 bridgehead atoms. The highest BCUT2D eigenvalue weighted by Gasteiger charge is 2.24. The van der Waals surface area contributed by atoms with E-state index in [1.165, 1.54) is 45.4 Å². The zero-order chi connectivity index (χ0) is 25.1. The van der Waals surface area contributed by atoms with Gasteiger partial charge in [0.2, 0.25) is 0 Å². The second-order valence-electron chi connectivity index (χ2n) is 10.0. The Morgan fingerprint density at radius 1 is 1.03 bits per heavy atom. The molecule has 1 aliphatic rings. The topological polar surface area (TPSA) is 94.5 Å². The number of benzene rings is 1. The number of fused-ring (bicyclic) bond motifs is 3. The van der Waals surface area contributed by atoms with E-state index < -0.39 is 0 Å². The number of anilines is 2. The van der Waals surface area contributed by atoms with Crippen LogP contribution in [0.1, 0.15) is 45.9 Å². The quantitative estimate of drug-likeness (QED) is 0.275. The third-order valence-corrected chi connectivity index (χ3v) is 8.53. The van der Waals surface area contributed by atoms with Crippen molar-refractivity contribution in [3.63, 3.8) is 0 Å². The predicted molar refractivity (Wildman–Crippen MR) is 151 cm³/mol. The molecule has 0 saturated heterocycles. The molecule has 0 spiro atoms. The highest BCUT2D eigenvalue weighted by Crippen LogP contribution is 2.41. The summed E-state index contributed by atoms with van der Waals surface area (Å²) in [5.74, 6) is 2.12. The maximum Gasteiger partial charge on any atom is 0.131 e. The fraction of sp³-hybridized carbons (Fsp3) is 0.241. The van der Waals surface area contributed by atoms with Gasteiger partial charge in [-0.2, -0.15) is 0 Å². The number of nitrogens with one attached hydrogen (secondary N) is 1. The van der Waals surface area contributed by atoms with E-state index in [-0.39, 0.29) is 0 Å². The summed E-state index contributed by atoms with van der Waals surface area (Å²) in [6.45, 7) is 5.70. The number of hydrogen-bond donors (Lipinski definition) is 2. The van der Waals surface area contributed by atoms with Crippen molar-refractivity contribution >= 4 is 55.0 Å². The van der Waals surface area contributed by atoms with Crippen molar-refractivity contribution in [2.75, 3.05) is 11.1 Å². The van der Waals surface area contributed by atoms with Crippen LogP contribution in [0.5, 0.6) is 0 Å². The minimum absolute atomic E-state index is 0.571. The Hall–Kier alpha value is -4.04. The summed E-state index contributed by atoms with van der Waals surface area (Å²) in [6, 6.07) is 10.8. The van der Waals surface area contributed by atoms with E-state index in [4.69, 9.17) is 10.7 Å². The van der Waals surface area contributed by atoms with Gasteiger partial charge in [0.25, 0.3) is 0 Å². The second-order valence-corrected chi connectivity index (χ2v) is 11.1. The number of thiophene rings is 1. The molecule has 3 N–H and O–H groups in total. The highest BCUT2D eigenvalue weighted by atomic mass is 32.1. The minimum atomic E-state index is 0.571. The number of imidazole rings is 1. The Morgan fingerprint density at radius 2 is 1.92 bits per heavy atom. The van der Waals surface area contributed by atoms with E-state index in [2.05, 4.69) is 69.1 Å². The Bertz CT molecular complexity index is 1810. The van der Waals surface area contributed by atoms with E-state index in [1.54, 1.807) is 17.5 Å². The van der Waals surface area contributed by atoms with E-state index >= 15 is 0 Å². The zero-order valence-electron chi connectivity index (χ0n) is 20.8. The molecule has 184 valence electrons. The van der Waals surface area contributed by atoms with Crippen LogP contribution in [0, 0.1) is 13.8 Å². The number of nitrogen functional groups attached to an aromatic ring is 1. The predicted octanol–water partition coefficient (Wildman–Crippen LogP) is 6.33. The van der Waals surface area contributed by atoms with Gasteiger partial charge < -0.3 is 15.6 Å². The lowest BCUT2D eigenvalue weighted by molar-refractivity contribution is 0.838. The molecule has 7 nitrogen and oxygen atoms in total. The average Bonchev–Trinajstić information content (AvgIpc) is 3.56. The molecular weight excluding hydrogens is 478 g/mol. The van der Waals surface area contributed by atoms with Crippen LogP contribution < -0.4 is 11.1 Å². The number of aryl methyl sites for hydroxylation is 2. The first-order valence-electron chi connectivity index (χ1n) is 12.6. The molecule has 1 saturated carbocycles. The van der Waals surface area contributed by atoms with Crippen LogP contribution in [0.4, 0.5) is 11.6 Å². The normalized spacial score (nSPS) is 13.7. The monoisotopic (exact) mass is 505 g/mol. The van der Waals surface area contributed by atoms with Crippen molar-refractivity contribution in [3.8, 4) is 0 Å². The molecule has 37 heavy (non-hydrogen) atoms. The van der Waals surface area contributed by atoms with Crippen LogP contribution in [0.2, 0.25) is 0 Å². The van der Waals surface area contributed by atoms with Crippen LogP contribution in [-0.2, 0) is 13.1 Å². The van der Waals surface area contributed by atoms with Crippen molar-refractivity contribution in [2.45, 2.75) is 45.7 Å². The van der Waals surface area contributed by atoms with E-state index in [1.807, 2.05) is 18.6 Å². The van der Waals surface area contributed by atoms with E-state index in [0.717, 1.165) is 39.0 Å². The Labute approximate surface area is 218 Å². The third kappa shape index (κ3) is 3.97. The molecule has 1 fully saturated rings. The van der Waals surface area contributed by atoms with Gasteiger partial charge in [-0.3, -0.25) is 0 Å². The summed E-state index contributed by atoms with van der Waals surface area (Å²) >= 11 is 1.76. The molecule has 1 aromatic carbocycles. The SMILES string of the molecule is Cc1cc2c(N)nccc2c(C)c1CNc1cc2c(cn1)ncn2Cc1cc2cc(C3CC3)cnc2s1. The summed E-state index contributed by atoms with van der Waals surface area (Å²) in [6.07, 6.45) is 10.2. The summed E-state index contributed by atoms with van der Waals surface area (Å²) in [5, 5.41) is 6.92. The van der Waals surface area contributed by atoms with Gasteiger partial charge >= 0.3 is 0 Å². The van der Waals surface area contributed by atoms with Gasteiger partial charge in [-0.05, 0) is 84.5 Å². The van der Waals surface area contributed by atoms with Gasteiger partial charge in [-0.25, -0.2) is 19.9 Å². The maximum atomic E-state index is 6.12. The molecule has 0 aliphatic heterocycles. The molecule has 5 aromatic heterocycles. The minimum Gasteiger partial charge on any atom is -0.383 e. The standard InChI is InChI=1S/C29H27N7S/c1-16-7-23-22(5-6-31-28(23)30)17(2)24(16)12-32-27-10-26-25(13-33-27)35-15-36(26)14-21-9-19-8-20(18-3-4-18)11-34-29(19)37-21/h5-11,13,15,18H,3-4,12,14H2,1-2H3,(H2,30,31)(H,32,33). The van der Waals surface area contributed by atoms with Crippen LogP contribution in [0.15, 0.2) is 55.2 Å². The second kappa shape index (κ2) is 8.52. The van der Waals surface area contributed by atoms with Gasteiger partial charge in [0.15, 0.2) is 0 Å². The number of aromatic nitrogens is 5. The van der Waals surface area contributed by atoms with Crippen molar-refractivity contribution < 1.29 is 0 Å². The first-order valence-corrected chi connectivity index (χ1v) is 13.4. The third-order valence-electron chi connectivity index (χ3n) is 7.49. The lowest BCUT2D eigenvalue weighted by Crippen LogP contribution is -2.06. The molecule has 0 radical (unpaired) electrons. The fourth-order valence-corrected chi connectivity index (χ4v) is 6.23. The van der Waals surface area contributed by atoms with Crippen molar-refractivity contribution in [1.29, 1.82) is 0 Å². The molecule has 1 aliphatic carbocycles. The van der Waals surface area contributed by atoms with Crippen molar-refractivity contribution in [3.05, 3.63) is 82.4 Å². The van der Waals surface area contributed by atoms with Crippen molar-refractivity contribution in [2.24, 2.45) is 0 Å². The number of pyridine rings is 3. The lowest BCUT2D eigenvalue weighted by Gasteiger charge is -2.15. The summed E-state index contributed by atoms with van der Waals surface area (Å²) in [7, 11) is 0. The molecule has 7 rings (SSSR count). The molecular formula is C29H27N7S. The highest BCUT2D eigenvalue weighted by molar-refractivity contribution is 7.18.